The molecule has 0 amide bonds. The second-order valence-electron chi connectivity index (χ2n) is 4.29. The summed E-state index contributed by atoms with van der Waals surface area (Å²) in [6.07, 6.45) is 0. The van der Waals surface area contributed by atoms with Gasteiger partial charge in [-0.25, -0.2) is 4.39 Å². The number of guanidine groups is 1. The molecule has 0 bridgehead atoms. The zero-order chi connectivity index (χ0) is 14.9. The molecule has 21 heavy (non-hydrogen) atoms. The van der Waals surface area contributed by atoms with Crippen molar-refractivity contribution in [3.63, 3.8) is 0 Å². The molecule has 0 saturated carbocycles. The third-order valence-corrected chi connectivity index (χ3v) is 3.46. The van der Waals surface area contributed by atoms with E-state index in [-0.39, 0.29) is 5.82 Å². The largest absolute Gasteiger partial charge is 0.492 e. The van der Waals surface area contributed by atoms with Gasteiger partial charge in [0.05, 0.1) is 6.54 Å². The number of hydrogen-bond acceptors (Lipinski definition) is 3. The highest BCUT2D eigenvalue weighted by Gasteiger charge is 1.99. The van der Waals surface area contributed by atoms with E-state index in [0.29, 0.717) is 24.9 Å². The van der Waals surface area contributed by atoms with Crippen molar-refractivity contribution >= 4 is 17.3 Å². The van der Waals surface area contributed by atoms with Gasteiger partial charge < -0.3 is 15.4 Å². The predicted octanol–water partition coefficient (Wildman–Crippen LogP) is 2.63. The highest BCUT2D eigenvalue weighted by molar-refractivity contribution is 7.07. The average Bonchev–Trinajstić information content (AvgIpc) is 3.00. The van der Waals surface area contributed by atoms with E-state index in [2.05, 4.69) is 27.1 Å². The predicted molar refractivity (Wildman–Crippen MR) is 84.4 cm³/mol. The van der Waals surface area contributed by atoms with Crippen LogP contribution in [0.5, 0.6) is 5.75 Å². The molecular weight excluding hydrogens is 289 g/mol. The van der Waals surface area contributed by atoms with Crippen LogP contribution < -0.4 is 15.4 Å². The topological polar surface area (TPSA) is 45.7 Å². The Kier molecular flexibility index (Phi) is 6.02. The summed E-state index contributed by atoms with van der Waals surface area (Å²) in [5.74, 6) is 0.941. The van der Waals surface area contributed by atoms with Crippen LogP contribution in [0.3, 0.4) is 0 Å². The molecule has 0 spiro atoms. The van der Waals surface area contributed by atoms with Gasteiger partial charge in [-0.05, 0) is 34.5 Å². The summed E-state index contributed by atoms with van der Waals surface area (Å²) in [4.78, 5) is 4.13. The number of thiophene rings is 1. The fourth-order valence-electron chi connectivity index (χ4n) is 1.69. The molecule has 1 aromatic heterocycles. The SMILES string of the molecule is CN=C(NCCOc1cccc(F)c1)NCc1ccsc1. The monoisotopic (exact) mass is 307 g/mol. The number of nitrogens with zero attached hydrogens (tertiary/aromatic N) is 1. The number of rotatable bonds is 6. The van der Waals surface area contributed by atoms with Gasteiger partial charge in [-0.3, -0.25) is 4.99 Å². The molecule has 2 rings (SSSR count). The van der Waals surface area contributed by atoms with Gasteiger partial charge in [-0.15, -0.1) is 0 Å². The second kappa shape index (κ2) is 8.26. The van der Waals surface area contributed by atoms with E-state index in [0.717, 1.165) is 6.54 Å². The Hall–Kier alpha value is -2.08. The summed E-state index contributed by atoms with van der Waals surface area (Å²) in [5.41, 5.74) is 1.22. The van der Waals surface area contributed by atoms with Crippen LogP contribution in [-0.2, 0) is 6.54 Å². The van der Waals surface area contributed by atoms with Gasteiger partial charge >= 0.3 is 0 Å². The molecule has 0 aliphatic carbocycles. The van der Waals surface area contributed by atoms with Crippen molar-refractivity contribution in [3.8, 4) is 5.75 Å². The molecular formula is C15H18FN3OS. The van der Waals surface area contributed by atoms with E-state index in [4.69, 9.17) is 4.74 Å². The molecule has 1 aromatic carbocycles. The Morgan fingerprint density at radius 1 is 1.33 bits per heavy atom. The summed E-state index contributed by atoms with van der Waals surface area (Å²) in [6.45, 7) is 1.75. The first kappa shape index (κ1) is 15.3. The van der Waals surface area contributed by atoms with Crippen LogP contribution in [0.25, 0.3) is 0 Å². The molecule has 0 unspecified atom stereocenters. The van der Waals surface area contributed by atoms with Crippen LogP contribution in [0.4, 0.5) is 4.39 Å². The molecule has 0 radical (unpaired) electrons. The van der Waals surface area contributed by atoms with E-state index in [1.807, 2.05) is 5.38 Å². The number of hydrogen-bond donors (Lipinski definition) is 2. The van der Waals surface area contributed by atoms with Crippen molar-refractivity contribution in [2.24, 2.45) is 4.99 Å². The summed E-state index contributed by atoms with van der Waals surface area (Å²) in [5, 5.41) is 10.5. The first-order valence-electron chi connectivity index (χ1n) is 6.62. The van der Waals surface area contributed by atoms with E-state index in [1.165, 1.54) is 17.7 Å². The van der Waals surface area contributed by atoms with Crippen LogP contribution in [0, 0.1) is 5.82 Å². The van der Waals surface area contributed by atoms with Crippen molar-refractivity contribution in [2.75, 3.05) is 20.2 Å². The summed E-state index contributed by atoms with van der Waals surface area (Å²) in [6, 6.07) is 8.18. The van der Waals surface area contributed by atoms with Gasteiger partial charge in [0.25, 0.3) is 0 Å². The van der Waals surface area contributed by atoms with Gasteiger partial charge in [-0.1, -0.05) is 6.07 Å². The average molecular weight is 307 g/mol. The molecule has 0 atom stereocenters. The number of aliphatic imine (C=N–C) groups is 1. The minimum absolute atomic E-state index is 0.298. The van der Waals surface area contributed by atoms with Crippen molar-refractivity contribution < 1.29 is 9.13 Å². The fraction of sp³-hybridized carbons (Fsp3) is 0.267. The quantitative estimate of drug-likeness (QED) is 0.490. The molecule has 2 aromatic rings. The van der Waals surface area contributed by atoms with Crippen LogP contribution in [-0.4, -0.2) is 26.2 Å². The number of nitrogens with one attached hydrogen (secondary N) is 2. The Balaban J connectivity index is 1.66. The number of halogens is 1. The lowest BCUT2D eigenvalue weighted by atomic mass is 10.3. The second-order valence-corrected chi connectivity index (χ2v) is 5.07. The molecule has 0 aliphatic heterocycles. The molecule has 4 nitrogen and oxygen atoms in total. The highest BCUT2D eigenvalue weighted by Crippen LogP contribution is 2.11. The molecule has 112 valence electrons. The molecule has 0 aliphatic rings. The first-order valence-corrected chi connectivity index (χ1v) is 7.56. The Bertz CT molecular complexity index is 572. The maximum atomic E-state index is 13.0. The first-order chi connectivity index (χ1) is 10.3. The van der Waals surface area contributed by atoms with Crippen molar-refractivity contribution in [1.29, 1.82) is 0 Å². The maximum Gasteiger partial charge on any atom is 0.191 e. The zero-order valence-corrected chi connectivity index (χ0v) is 12.6. The van der Waals surface area contributed by atoms with Crippen LogP contribution >= 0.6 is 11.3 Å². The summed E-state index contributed by atoms with van der Waals surface area (Å²) < 4.78 is 18.4. The van der Waals surface area contributed by atoms with Crippen LogP contribution in [0.1, 0.15) is 5.56 Å². The maximum absolute atomic E-state index is 13.0. The molecule has 0 fully saturated rings. The lowest BCUT2D eigenvalue weighted by molar-refractivity contribution is 0.320. The van der Waals surface area contributed by atoms with Crippen molar-refractivity contribution in [2.45, 2.75) is 6.54 Å². The molecule has 6 heteroatoms. The van der Waals surface area contributed by atoms with Crippen LogP contribution in [0.15, 0.2) is 46.1 Å². The van der Waals surface area contributed by atoms with Crippen LogP contribution in [0.2, 0.25) is 0 Å². The minimum atomic E-state index is -0.298. The van der Waals surface area contributed by atoms with Gasteiger partial charge in [-0.2, -0.15) is 11.3 Å². The Labute approximate surface area is 127 Å². The van der Waals surface area contributed by atoms with Crippen molar-refractivity contribution in [3.05, 3.63) is 52.5 Å². The van der Waals surface area contributed by atoms with E-state index in [9.17, 15) is 4.39 Å². The van der Waals surface area contributed by atoms with E-state index < -0.39 is 0 Å². The fourth-order valence-corrected chi connectivity index (χ4v) is 2.36. The van der Waals surface area contributed by atoms with E-state index >= 15 is 0 Å². The summed E-state index contributed by atoms with van der Waals surface area (Å²) >= 11 is 1.67. The summed E-state index contributed by atoms with van der Waals surface area (Å²) in [7, 11) is 1.72. The Morgan fingerprint density at radius 3 is 2.95 bits per heavy atom. The molecule has 2 N–H and O–H groups in total. The third kappa shape index (κ3) is 5.43. The number of benzene rings is 1. The minimum Gasteiger partial charge on any atom is -0.492 e. The van der Waals surface area contributed by atoms with Gasteiger partial charge in [0.2, 0.25) is 0 Å². The molecule has 1 heterocycles. The lowest BCUT2D eigenvalue weighted by Crippen LogP contribution is -2.38. The number of ether oxygens (including phenoxy) is 1. The van der Waals surface area contributed by atoms with Crippen molar-refractivity contribution in [1.82, 2.24) is 10.6 Å². The smallest absolute Gasteiger partial charge is 0.191 e. The normalized spacial score (nSPS) is 11.2. The van der Waals surface area contributed by atoms with E-state index in [1.54, 1.807) is 30.5 Å². The van der Waals surface area contributed by atoms with Gasteiger partial charge in [0.1, 0.15) is 18.2 Å². The molecule has 0 saturated heterocycles. The Morgan fingerprint density at radius 2 is 2.24 bits per heavy atom. The zero-order valence-electron chi connectivity index (χ0n) is 11.8. The lowest BCUT2D eigenvalue weighted by Gasteiger charge is -2.12. The standard InChI is InChI=1S/C15H18FN3OS/c1-17-15(19-10-12-5-8-21-11-12)18-6-7-20-14-4-2-3-13(16)9-14/h2-5,8-9,11H,6-7,10H2,1H3,(H2,17,18,19). The van der Waals surface area contributed by atoms with Gasteiger partial charge in [0, 0.05) is 19.7 Å². The highest BCUT2D eigenvalue weighted by atomic mass is 32.1. The van der Waals surface area contributed by atoms with Gasteiger partial charge in [0.15, 0.2) is 5.96 Å². The third-order valence-electron chi connectivity index (χ3n) is 2.72.